The summed E-state index contributed by atoms with van der Waals surface area (Å²) in [7, 11) is 0. The van der Waals surface area contributed by atoms with Gasteiger partial charge in [-0.15, -0.1) is 0 Å². The number of hydrogen-bond acceptors (Lipinski definition) is 4. The fourth-order valence-electron chi connectivity index (χ4n) is 3.33. The number of rotatable bonds is 8. The Morgan fingerprint density at radius 1 is 0.784 bits per heavy atom. The molecule has 0 spiro atoms. The summed E-state index contributed by atoms with van der Waals surface area (Å²) in [5.41, 5.74) is -1.38. The highest BCUT2D eigenvalue weighted by Crippen LogP contribution is 2.32. The van der Waals surface area contributed by atoms with Crippen LogP contribution in [0.4, 0.5) is 32.0 Å². The lowest BCUT2D eigenvalue weighted by Gasteiger charge is -2.22. The molecule has 3 aromatic rings. The van der Waals surface area contributed by atoms with Gasteiger partial charge in [0.05, 0.1) is 24.2 Å². The maximum Gasteiger partial charge on any atom is 0.416 e. The molecular weight excluding hydrogens is 504 g/mol. The van der Waals surface area contributed by atoms with Crippen LogP contribution in [0.15, 0.2) is 72.8 Å². The molecule has 3 rings (SSSR count). The smallest absolute Gasteiger partial charge is 0.416 e. The number of benzene rings is 3. The van der Waals surface area contributed by atoms with E-state index < -0.39 is 48.3 Å². The highest BCUT2D eigenvalue weighted by atomic mass is 19.4. The quantitative estimate of drug-likeness (QED) is 0.244. The van der Waals surface area contributed by atoms with E-state index in [0.29, 0.717) is 0 Å². The number of anilines is 1. The van der Waals surface area contributed by atoms with Crippen LogP contribution in [0.5, 0.6) is 11.5 Å². The van der Waals surface area contributed by atoms with Gasteiger partial charge in [-0.2, -0.15) is 26.3 Å². The second kappa shape index (κ2) is 11.4. The van der Waals surface area contributed by atoms with E-state index in [1.807, 2.05) is 0 Å². The number of carbonyl (C=O) groups excluding carboxylic acids is 2. The van der Waals surface area contributed by atoms with Gasteiger partial charge >= 0.3 is 18.3 Å². The van der Waals surface area contributed by atoms with Crippen molar-refractivity contribution in [2.45, 2.75) is 25.7 Å². The molecule has 196 valence electrons. The van der Waals surface area contributed by atoms with Crippen molar-refractivity contribution in [2.75, 3.05) is 18.1 Å². The standard InChI is InChI=1S/C26H21F6NO4/c1-2-36-24(35)16-33(23(34)15-17-4-3-5-19(14-17)26(30,31)32)20-8-12-22(13-9-20)37-21-10-6-18(7-11-21)25(27,28)29/h3-14H,2,15-16H2,1H3. The monoisotopic (exact) mass is 525 g/mol. The largest absolute Gasteiger partial charge is 0.465 e. The Hall–Kier alpha value is -4.02. The van der Waals surface area contributed by atoms with Gasteiger partial charge in [-0.1, -0.05) is 18.2 Å². The van der Waals surface area contributed by atoms with E-state index in [1.165, 1.54) is 36.4 Å². The third-order valence-corrected chi connectivity index (χ3v) is 5.07. The van der Waals surface area contributed by atoms with Crippen molar-refractivity contribution in [3.05, 3.63) is 89.5 Å². The van der Waals surface area contributed by atoms with Gasteiger partial charge in [0.25, 0.3) is 0 Å². The zero-order valence-corrected chi connectivity index (χ0v) is 19.4. The summed E-state index contributed by atoms with van der Waals surface area (Å²) in [6, 6.07) is 14.1. The molecular formula is C26H21F6NO4. The highest BCUT2D eigenvalue weighted by Gasteiger charge is 2.31. The van der Waals surface area contributed by atoms with Crippen LogP contribution in [0.25, 0.3) is 0 Å². The number of ether oxygens (including phenoxy) is 2. The Labute approximate surface area is 208 Å². The van der Waals surface area contributed by atoms with Gasteiger partial charge in [-0.3, -0.25) is 9.59 Å². The number of esters is 1. The molecule has 0 bridgehead atoms. The maximum atomic E-state index is 13.0. The van der Waals surface area contributed by atoms with Gasteiger partial charge in [-0.05, 0) is 67.1 Å². The molecule has 3 aromatic carbocycles. The molecule has 1 amide bonds. The zero-order chi connectivity index (χ0) is 27.2. The van der Waals surface area contributed by atoms with E-state index in [4.69, 9.17) is 9.47 Å². The van der Waals surface area contributed by atoms with E-state index in [2.05, 4.69) is 0 Å². The van der Waals surface area contributed by atoms with Crippen LogP contribution in [0.1, 0.15) is 23.6 Å². The molecule has 0 aromatic heterocycles. The third-order valence-electron chi connectivity index (χ3n) is 5.07. The second-order valence-electron chi connectivity index (χ2n) is 7.78. The summed E-state index contributed by atoms with van der Waals surface area (Å²) in [5.74, 6) is -0.983. The Kier molecular flexibility index (Phi) is 8.46. The molecule has 0 aliphatic heterocycles. The lowest BCUT2D eigenvalue weighted by Crippen LogP contribution is -2.37. The van der Waals surface area contributed by atoms with Crippen molar-refractivity contribution in [3.63, 3.8) is 0 Å². The Morgan fingerprint density at radius 3 is 1.89 bits per heavy atom. The van der Waals surface area contributed by atoms with Crippen molar-refractivity contribution in [1.29, 1.82) is 0 Å². The number of hydrogen-bond donors (Lipinski definition) is 0. The van der Waals surface area contributed by atoms with Crippen LogP contribution in [0, 0.1) is 0 Å². The van der Waals surface area contributed by atoms with Crippen LogP contribution < -0.4 is 9.64 Å². The van der Waals surface area contributed by atoms with E-state index in [0.717, 1.165) is 41.3 Å². The first-order valence-corrected chi connectivity index (χ1v) is 10.9. The van der Waals surface area contributed by atoms with Crippen molar-refractivity contribution in [2.24, 2.45) is 0 Å². The van der Waals surface area contributed by atoms with Crippen LogP contribution in [0.3, 0.4) is 0 Å². The van der Waals surface area contributed by atoms with E-state index >= 15 is 0 Å². The van der Waals surface area contributed by atoms with Crippen molar-refractivity contribution < 1.29 is 45.4 Å². The lowest BCUT2D eigenvalue weighted by atomic mass is 10.1. The molecule has 0 aliphatic rings. The van der Waals surface area contributed by atoms with Crippen LogP contribution in [-0.4, -0.2) is 25.0 Å². The molecule has 0 atom stereocenters. The summed E-state index contributed by atoms with van der Waals surface area (Å²) >= 11 is 0. The molecule has 0 fully saturated rings. The van der Waals surface area contributed by atoms with Crippen molar-refractivity contribution in [3.8, 4) is 11.5 Å². The van der Waals surface area contributed by atoms with Gasteiger partial charge in [0.2, 0.25) is 5.91 Å². The van der Waals surface area contributed by atoms with Gasteiger partial charge in [0.1, 0.15) is 18.0 Å². The Morgan fingerprint density at radius 2 is 1.35 bits per heavy atom. The number of alkyl halides is 6. The molecule has 37 heavy (non-hydrogen) atoms. The second-order valence-corrected chi connectivity index (χ2v) is 7.78. The summed E-state index contributed by atoms with van der Waals surface area (Å²) < 4.78 is 87.7. The maximum absolute atomic E-state index is 13.0. The minimum Gasteiger partial charge on any atom is -0.465 e. The normalized spacial score (nSPS) is 11.6. The topological polar surface area (TPSA) is 55.8 Å². The minimum atomic E-state index is -4.58. The third kappa shape index (κ3) is 7.73. The van der Waals surface area contributed by atoms with Gasteiger partial charge in [0, 0.05) is 5.69 Å². The van der Waals surface area contributed by atoms with Gasteiger partial charge in [0.15, 0.2) is 0 Å². The molecule has 0 saturated carbocycles. The van der Waals surface area contributed by atoms with E-state index in [9.17, 15) is 35.9 Å². The predicted molar refractivity (Wildman–Crippen MR) is 122 cm³/mol. The first-order chi connectivity index (χ1) is 17.4. The van der Waals surface area contributed by atoms with Crippen LogP contribution in [0.2, 0.25) is 0 Å². The van der Waals surface area contributed by atoms with Crippen molar-refractivity contribution in [1.82, 2.24) is 0 Å². The van der Waals surface area contributed by atoms with E-state index in [1.54, 1.807) is 6.92 Å². The molecule has 5 nitrogen and oxygen atoms in total. The van der Waals surface area contributed by atoms with Gasteiger partial charge in [-0.25, -0.2) is 0 Å². The van der Waals surface area contributed by atoms with Crippen LogP contribution in [-0.2, 0) is 33.1 Å². The molecule has 0 radical (unpaired) electrons. The Bertz CT molecular complexity index is 1220. The number of carbonyl (C=O) groups is 2. The zero-order valence-electron chi connectivity index (χ0n) is 19.4. The molecule has 0 heterocycles. The van der Waals surface area contributed by atoms with Gasteiger partial charge < -0.3 is 14.4 Å². The average Bonchev–Trinajstić information content (AvgIpc) is 2.83. The highest BCUT2D eigenvalue weighted by molar-refractivity contribution is 5.98. The molecule has 0 aliphatic carbocycles. The fraction of sp³-hybridized carbons (Fsp3) is 0.231. The summed E-state index contributed by atoms with van der Waals surface area (Å²) in [4.78, 5) is 26.2. The lowest BCUT2D eigenvalue weighted by molar-refractivity contribution is -0.142. The van der Waals surface area contributed by atoms with Crippen LogP contribution >= 0.6 is 0 Å². The first-order valence-electron chi connectivity index (χ1n) is 10.9. The molecule has 0 unspecified atom stereocenters. The fourth-order valence-corrected chi connectivity index (χ4v) is 3.33. The van der Waals surface area contributed by atoms with E-state index in [-0.39, 0.29) is 29.4 Å². The average molecular weight is 525 g/mol. The number of halogens is 6. The summed E-state index contributed by atoms with van der Waals surface area (Å²) in [5, 5.41) is 0. The molecule has 0 N–H and O–H groups in total. The predicted octanol–water partition coefficient (Wildman–Crippen LogP) is 6.66. The SMILES string of the molecule is CCOC(=O)CN(C(=O)Cc1cccc(C(F)(F)F)c1)c1ccc(Oc2ccc(C(F)(F)F)cc2)cc1. The van der Waals surface area contributed by atoms with Crippen molar-refractivity contribution >= 4 is 17.6 Å². The summed E-state index contributed by atoms with van der Waals surface area (Å²) in [6.07, 6.45) is -9.47. The Balaban J connectivity index is 1.79. The first kappa shape index (κ1) is 27.6. The molecule has 11 heteroatoms. The number of nitrogens with zero attached hydrogens (tertiary/aromatic N) is 1. The number of amides is 1. The minimum absolute atomic E-state index is 0.0639. The summed E-state index contributed by atoms with van der Waals surface area (Å²) in [6.45, 7) is 1.17. The molecule has 0 saturated heterocycles.